The van der Waals surface area contributed by atoms with Gasteiger partial charge in [-0.2, -0.15) is 0 Å². The lowest BCUT2D eigenvalue weighted by molar-refractivity contribution is 0.0121. The second-order valence-corrected chi connectivity index (χ2v) is 6.97. The van der Waals surface area contributed by atoms with E-state index in [1.54, 1.807) is 0 Å². The van der Waals surface area contributed by atoms with Crippen molar-refractivity contribution in [1.82, 2.24) is 9.13 Å². The highest BCUT2D eigenvalue weighted by Crippen LogP contribution is 2.15. The number of fused-ring (bicyclic) bond motifs is 2. The van der Waals surface area contributed by atoms with E-state index in [0.29, 0.717) is 39.6 Å². The maximum Gasteiger partial charge on any atom is 0.0701 e. The molecule has 0 fully saturated rings. The molecule has 0 aliphatic rings. The average molecular weight is 392 g/mol. The molecule has 5 nitrogen and oxygen atoms in total. The summed E-state index contributed by atoms with van der Waals surface area (Å²) in [5.41, 5.74) is 2.50. The molecule has 0 radical (unpaired) electrons. The third kappa shape index (κ3) is 5.26. The molecule has 4 aromatic rings. The zero-order valence-electron chi connectivity index (χ0n) is 16.7. The number of hydrogen-bond acceptors (Lipinski definition) is 3. The number of ether oxygens (including phenoxy) is 3. The topological polar surface area (TPSA) is 37.6 Å². The monoisotopic (exact) mass is 392 g/mol. The Hall–Kier alpha value is -2.60. The van der Waals surface area contributed by atoms with Gasteiger partial charge in [-0.25, -0.2) is 0 Å². The maximum absolute atomic E-state index is 5.68. The van der Waals surface area contributed by atoms with Gasteiger partial charge in [-0.3, -0.25) is 0 Å². The molecule has 2 aromatic heterocycles. The lowest BCUT2D eigenvalue weighted by atomic mass is 10.2. The van der Waals surface area contributed by atoms with Crippen molar-refractivity contribution >= 4 is 21.8 Å². The van der Waals surface area contributed by atoms with Crippen molar-refractivity contribution in [3.8, 4) is 0 Å². The molecule has 2 heterocycles. The molecule has 0 aliphatic heterocycles. The van der Waals surface area contributed by atoms with Gasteiger partial charge in [0.15, 0.2) is 0 Å². The second kappa shape index (κ2) is 10.3. The van der Waals surface area contributed by atoms with E-state index in [0.717, 1.165) is 13.1 Å². The summed E-state index contributed by atoms with van der Waals surface area (Å²) in [5.74, 6) is 0. The van der Waals surface area contributed by atoms with Crippen LogP contribution in [-0.2, 0) is 27.3 Å². The fourth-order valence-electron chi connectivity index (χ4n) is 3.54. The average Bonchev–Trinajstić information content (AvgIpc) is 3.36. The van der Waals surface area contributed by atoms with Crippen molar-refractivity contribution in [1.29, 1.82) is 0 Å². The molecule has 0 aliphatic carbocycles. The summed E-state index contributed by atoms with van der Waals surface area (Å²) in [4.78, 5) is 0. The molecular formula is C24H28N2O3. The highest BCUT2D eigenvalue weighted by molar-refractivity contribution is 5.80. The minimum absolute atomic E-state index is 0.595. The smallest absolute Gasteiger partial charge is 0.0701 e. The van der Waals surface area contributed by atoms with Crippen LogP contribution in [0.25, 0.3) is 21.8 Å². The van der Waals surface area contributed by atoms with Crippen molar-refractivity contribution in [2.45, 2.75) is 13.1 Å². The van der Waals surface area contributed by atoms with E-state index < -0.39 is 0 Å². The number of para-hydroxylation sites is 2. The molecule has 29 heavy (non-hydrogen) atoms. The largest absolute Gasteiger partial charge is 0.377 e. The van der Waals surface area contributed by atoms with E-state index in [4.69, 9.17) is 14.2 Å². The first-order chi connectivity index (χ1) is 14.4. The number of nitrogens with zero attached hydrogens (tertiary/aromatic N) is 2. The van der Waals surface area contributed by atoms with Crippen LogP contribution in [0.5, 0.6) is 0 Å². The molecule has 4 rings (SSSR count). The normalized spacial score (nSPS) is 11.6. The Bertz CT molecular complexity index is 939. The van der Waals surface area contributed by atoms with E-state index in [2.05, 4.69) is 82.2 Å². The number of hydrogen-bond donors (Lipinski definition) is 0. The van der Waals surface area contributed by atoms with Crippen LogP contribution in [0, 0.1) is 0 Å². The summed E-state index contributed by atoms with van der Waals surface area (Å²) in [7, 11) is 0. The number of rotatable bonds is 12. The predicted molar refractivity (Wildman–Crippen MR) is 116 cm³/mol. The molecule has 152 valence electrons. The molecule has 0 bridgehead atoms. The molecule has 0 spiro atoms. The predicted octanol–water partition coefficient (Wildman–Crippen LogP) is 4.35. The van der Waals surface area contributed by atoms with E-state index in [9.17, 15) is 0 Å². The first-order valence-corrected chi connectivity index (χ1v) is 10.2. The summed E-state index contributed by atoms with van der Waals surface area (Å²) >= 11 is 0. The summed E-state index contributed by atoms with van der Waals surface area (Å²) in [6.45, 7) is 5.47. The van der Waals surface area contributed by atoms with Crippen molar-refractivity contribution in [3.63, 3.8) is 0 Å². The molecule has 5 heteroatoms. The molecule has 0 N–H and O–H groups in total. The Labute approximate surface area is 171 Å². The van der Waals surface area contributed by atoms with Crippen LogP contribution in [0.1, 0.15) is 0 Å². The second-order valence-electron chi connectivity index (χ2n) is 6.97. The van der Waals surface area contributed by atoms with Crippen LogP contribution in [0.4, 0.5) is 0 Å². The zero-order valence-corrected chi connectivity index (χ0v) is 16.7. The van der Waals surface area contributed by atoms with Crippen LogP contribution < -0.4 is 0 Å². The van der Waals surface area contributed by atoms with Crippen molar-refractivity contribution in [2.24, 2.45) is 0 Å². The molecule has 0 saturated carbocycles. The Morgan fingerprint density at radius 3 is 1.38 bits per heavy atom. The van der Waals surface area contributed by atoms with Crippen LogP contribution in [0.15, 0.2) is 73.1 Å². The van der Waals surface area contributed by atoms with Crippen molar-refractivity contribution < 1.29 is 14.2 Å². The highest BCUT2D eigenvalue weighted by Gasteiger charge is 2.01. The molecule has 0 amide bonds. The Kier molecular flexibility index (Phi) is 6.97. The fourth-order valence-corrected chi connectivity index (χ4v) is 3.54. The van der Waals surface area contributed by atoms with Crippen LogP contribution in [0.3, 0.4) is 0 Å². The van der Waals surface area contributed by atoms with Crippen LogP contribution in [0.2, 0.25) is 0 Å². The van der Waals surface area contributed by atoms with Gasteiger partial charge in [-0.05, 0) is 35.0 Å². The summed E-state index contributed by atoms with van der Waals surface area (Å²) < 4.78 is 21.4. The third-order valence-corrected chi connectivity index (χ3v) is 5.06. The van der Waals surface area contributed by atoms with Crippen molar-refractivity contribution in [2.75, 3.05) is 39.6 Å². The van der Waals surface area contributed by atoms with Gasteiger partial charge in [0, 0.05) is 36.5 Å². The van der Waals surface area contributed by atoms with E-state index in [1.807, 2.05) is 0 Å². The number of benzene rings is 2. The zero-order chi connectivity index (χ0) is 19.7. The Morgan fingerprint density at radius 1 is 0.483 bits per heavy atom. The lowest BCUT2D eigenvalue weighted by Crippen LogP contribution is -2.13. The Balaban J connectivity index is 1.02. The van der Waals surface area contributed by atoms with Gasteiger partial charge in [0.1, 0.15) is 0 Å². The lowest BCUT2D eigenvalue weighted by Gasteiger charge is -2.09. The van der Waals surface area contributed by atoms with Gasteiger partial charge in [0.05, 0.1) is 39.6 Å². The van der Waals surface area contributed by atoms with Gasteiger partial charge < -0.3 is 23.3 Å². The summed E-state index contributed by atoms with van der Waals surface area (Å²) in [5, 5.41) is 2.53. The fraction of sp³-hybridized carbons (Fsp3) is 0.333. The minimum atomic E-state index is 0.595. The highest BCUT2D eigenvalue weighted by atomic mass is 16.5. The molecular weight excluding hydrogens is 364 g/mol. The van der Waals surface area contributed by atoms with Crippen LogP contribution >= 0.6 is 0 Å². The first kappa shape index (κ1) is 19.7. The standard InChI is InChI=1S/C24H28N2O3/c1-3-7-23-21(5-1)9-11-25(23)13-15-27-17-19-29-20-18-28-16-14-26-12-10-22-6-2-4-8-24(22)26/h1-12H,13-20H2. The van der Waals surface area contributed by atoms with Gasteiger partial charge in [-0.1, -0.05) is 36.4 Å². The van der Waals surface area contributed by atoms with Gasteiger partial charge in [-0.15, -0.1) is 0 Å². The van der Waals surface area contributed by atoms with Crippen molar-refractivity contribution in [3.05, 3.63) is 73.1 Å². The summed E-state index contributed by atoms with van der Waals surface area (Å²) in [6.07, 6.45) is 4.22. The molecule has 2 aromatic carbocycles. The van der Waals surface area contributed by atoms with Gasteiger partial charge in [0.2, 0.25) is 0 Å². The summed E-state index contributed by atoms with van der Waals surface area (Å²) in [6, 6.07) is 21.1. The first-order valence-electron chi connectivity index (χ1n) is 10.2. The van der Waals surface area contributed by atoms with Gasteiger partial charge in [0.25, 0.3) is 0 Å². The molecule has 0 unspecified atom stereocenters. The molecule has 0 atom stereocenters. The SMILES string of the molecule is c1ccc2c(c1)ccn2CCOCCOCCOCCn1ccc2ccccc21. The van der Waals surface area contributed by atoms with Gasteiger partial charge >= 0.3 is 0 Å². The van der Waals surface area contributed by atoms with E-state index in [-0.39, 0.29) is 0 Å². The van der Waals surface area contributed by atoms with Crippen LogP contribution in [-0.4, -0.2) is 48.8 Å². The number of aromatic nitrogens is 2. The quantitative estimate of drug-likeness (QED) is 0.337. The third-order valence-electron chi connectivity index (χ3n) is 5.06. The molecule has 0 saturated heterocycles. The van der Waals surface area contributed by atoms with E-state index in [1.165, 1.54) is 21.8 Å². The Morgan fingerprint density at radius 2 is 0.897 bits per heavy atom. The maximum atomic E-state index is 5.68. The minimum Gasteiger partial charge on any atom is -0.377 e. The van der Waals surface area contributed by atoms with E-state index >= 15 is 0 Å².